The van der Waals surface area contributed by atoms with Gasteiger partial charge in [0.05, 0.1) is 4.92 Å². The quantitative estimate of drug-likeness (QED) is 0.621. The Bertz CT molecular complexity index is 698. The van der Waals surface area contributed by atoms with E-state index in [1.807, 2.05) is 31.2 Å². The molecule has 2 rings (SSSR count). The van der Waals surface area contributed by atoms with Crippen molar-refractivity contribution in [3.63, 3.8) is 0 Å². The predicted octanol–water partition coefficient (Wildman–Crippen LogP) is 3.91. The zero-order valence-corrected chi connectivity index (χ0v) is 12.3. The molecule has 0 unspecified atom stereocenters. The number of carbonyl (C=O) groups is 1. The van der Waals surface area contributed by atoms with E-state index in [4.69, 9.17) is 11.6 Å². The van der Waals surface area contributed by atoms with E-state index in [0.29, 0.717) is 12.0 Å². The van der Waals surface area contributed by atoms with Gasteiger partial charge < -0.3 is 0 Å². The first-order chi connectivity index (χ1) is 9.95. The highest BCUT2D eigenvalue weighted by atomic mass is 35.5. The van der Waals surface area contributed by atoms with Crippen LogP contribution in [-0.2, 0) is 17.6 Å². The average molecular weight is 304 g/mol. The third-order valence-corrected chi connectivity index (χ3v) is 3.41. The van der Waals surface area contributed by atoms with Gasteiger partial charge in [0.15, 0.2) is 0 Å². The van der Waals surface area contributed by atoms with Gasteiger partial charge in [-0.15, -0.1) is 0 Å². The van der Waals surface area contributed by atoms with Gasteiger partial charge in [-0.2, -0.15) is 0 Å². The molecule has 0 heterocycles. The summed E-state index contributed by atoms with van der Waals surface area (Å²) in [6, 6.07) is 12.2. The second-order valence-electron chi connectivity index (χ2n) is 4.92. The first-order valence-electron chi connectivity index (χ1n) is 6.46. The van der Waals surface area contributed by atoms with E-state index >= 15 is 0 Å². The van der Waals surface area contributed by atoms with Gasteiger partial charge in [0.2, 0.25) is 0 Å². The van der Waals surface area contributed by atoms with E-state index in [9.17, 15) is 14.9 Å². The van der Waals surface area contributed by atoms with Crippen LogP contribution in [0, 0.1) is 17.0 Å². The Balaban J connectivity index is 2.09. The Labute approximate surface area is 127 Å². The minimum atomic E-state index is -0.545. The Morgan fingerprint density at radius 2 is 1.81 bits per heavy atom. The lowest BCUT2D eigenvalue weighted by atomic mass is 10.0. The van der Waals surface area contributed by atoms with E-state index < -0.39 is 4.92 Å². The van der Waals surface area contributed by atoms with Crippen molar-refractivity contribution in [1.29, 1.82) is 0 Å². The summed E-state index contributed by atoms with van der Waals surface area (Å²) in [5.74, 6) is 0.0113. The molecule has 2 aromatic carbocycles. The standard InChI is InChI=1S/C16H14ClNO3/c1-11-3-2-4-12(7-11)8-14(19)9-13-5-6-15(17)16(10-13)18(20)21/h2-7,10H,8-9H2,1H3. The third kappa shape index (κ3) is 4.13. The number of carbonyl (C=O) groups excluding carboxylic acids is 1. The summed E-state index contributed by atoms with van der Waals surface area (Å²) in [5.41, 5.74) is 2.48. The average Bonchev–Trinajstić information content (AvgIpc) is 2.40. The van der Waals surface area contributed by atoms with Crippen molar-refractivity contribution in [3.8, 4) is 0 Å². The van der Waals surface area contributed by atoms with Gasteiger partial charge in [0.1, 0.15) is 10.8 Å². The molecule has 0 atom stereocenters. The summed E-state index contributed by atoms with van der Waals surface area (Å²) >= 11 is 5.75. The van der Waals surface area contributed by atoms with Crippen molar-refractivity contribution >= 4 is 23.1 Å². The van der Waals surface area contributed by atoms with Crippen LogP contribution >= 0.6 is 11.6 Å². The molecule has 0 radical (unpaired) electrons. The summed E-state index contributed by atoms with van der Waals surface area (Å²) in [7, 11) is 0. The van der Waals surface area contributed by atoms with Crippen LogP contribution < -0.4 is 0 Å². The zero-order chi connectivity index (χ0) is 15.4. The second-order valence-corrected chi connectivity index (χ2v) is 5.33. The van der Waals surface area contributed by atoms with Crippen molar-refractivity contribution in [2.24, 2.45) is 0 Å². The summed E-state index contributed by atoms with van der Waals surface area (Å²) in [4.78, 5) is 22.3. The molecule has 0 saturated carbocycles. The number of nitro benzene ring substituents is 1. The smallest absolute Gasteiger partial charge is 0.288 e. The molecule has 4 nitrogen and oxygen atoms in total. The number of nitro groups is 1. The van der Waals surface area contributed by atoms with Crippen molar-refractivity contribution in [3.05, 3.63) is 74.3 Å². The number of ketones is 1. The maximum atomic E-state index is 12.1. The molecule has 0 fully saturated rings. The molecule has 0 aromatic heterocycles. The van der Waals surface area contributed by atoms with Crippen LogP contribution in [0.3, 0.4) is 0 Å². The van der Waals surface area contributed by atoms with Gasteiger partial charge in [-0.25, -0.2) is 0 Å². The lowest BCUT2D eigenvalue weighted by Gasteiger charge is -2.04. The molecule has 0 N–H and O–H groups in total. The van der Waals surface area contributed by atoms with Crippen molar-refractivity contribution in [2.45, 2.75) is 19.8 Å². The molecule has 5 heteroatoms. The third-order valence-electron chi connectivity index (χ3n) is 3.09. The Hall–Kier alpha value is -2.20. The van der Waals surface area contributed by atoms with Crippen LogP contribution in [0.25, 0.3) is 0 Å². The molecular weight excluding hydrogens is 290 g/mol. The molecular formula is C16H14ClNO3. The number of hydrogen-bond acceptors (Lipinski definition) is 3. The minimum absolute atomic E-state index is 0.0113. The van der Waals surface area contributed by atoms with Crippen LogP contribution in [0.5, 0.6) is 0 Å². The van der Waals surface area contributed by atoms with Crippen molar-refractivity contribution < 1.29 is 9.72 Å². The van der Waals surface area contributed by atoms with E-state index in [1.54, 1.807) is 6.07 Å². The first kappa shape index (κ1) is 15.2. The maximum Gasteiger partial charge on any atom is 0.288 e. The van der Waals surface area contributed by atoms with E-state index in [0.717, 1.165) is 11.1 Å². The molecule has 108 valence electrons. The van der Waals surface area contributed by atoms with E-state index in [-0.39, 0.29) is 22.9 Å². The van der Waals surface area contributed by atoms with Crippen LogP contribution in [0.15, 0.2) is 42.5 Å². The fourth-order valence-corrected chi connectivity index (χ4v) is 2.33. The molecule has 2 aromatic rings. The van der Waals surface area contributed by atoms with Gasteiger partial charge >= 0.3 is 0 Å². The lowest BCUT2D eigenvalue weighted by Crippen LogP contribution is -2.07. The lowest BCUT2D eigenvalue weighted by molar-refractivity contribution is -0.384. The molecule has 0 saturated heterocycles. The molecule has 0 aliphatic carbocycles. The fraction of sp³-hybridized carbons (Fsp3) is 0.188. The van der Waals surface area contributed by atoms with E-state index in [1.165, 1.54) is 12.1 Å². The number of rotatable bonds is 5. The van der Waals surface area contributed by atoms with Gasteiger partial charge in [0, 0.05) is 18.9 Å². The summed E-state index contributed by atoms with van der Waals surface area (Å²) < 4.78 is 0. The van der Waals surface area contributed by atoms with Gasteiger partial charge in [0.25, 0.3) is 5.69 Å². The highest BCUT2D eigenvalue weighted by Gasteiger charge is 2.14. The monoisotopic (exact) mass is 303 g/mol. The second kappa shape index (κ2) is 6.50. The summed E-state index contributed by atoms with van der Waals surface area (Å²) in [5, 5.41) is 10.9. The van der Waals surface area contributed by atoms with Crippen molar-refractivity contribution in [1.82, 2.24) is 0 Å². The van der Waals surface area contributed by atoms with Crippen LogP contribution in [0.4, 0.5) is 5.69 Å². The van der Waals surface area contributed by atoms with Gasteiger partial charge in [-0.05, 0) is 24.1 Å². The van der Waals surface area contributed by atoms with Gasteiger partial charge in [-0.1, -0.05) is 47.5 Å². The SMILES string of the molecule is Cc1cccc(CC(=O)Cc2ccc(Cl)c([N+](=O)[O-])c2)c1. The topological polar surface area (TPSA) is 60.2 Å². The van der Waals surface area contributed by atoms with Gasteiger partial charge in [-0.3, -0.25) is 14.9 Å². The molecule has 0 bridgehead atoms. The Morgan fingerprint density at radius 1 is 1.14 bits per heavy atom. The molecule has 21 heavy (non-hydrogen) atoms. The first-order valence-corrected chi connectivity index (χ1v) is 6.83. The highest BCUT2D eigenvalue weighted by molar-refractivity contribution is 6.32. The largest absolute Gasteiger partial charge is 0.299 e. The number of aryl methyl sites for hydroxylation is 1. The molecule has 0 aliphatic rings. The Kier molecular flexibility index (Phi) is 4.70. The maximum absolute atomic E-state index is 12.1. The number of halogens is 1. The minimum Gasteiger partial charge on any atom is -0.299 e. The fourth-order valence-electron chi connectivity index (χ4n) is 2.15. The predicted molar refractivity (Wildman–Crippen MR) is 81.7 cm³/mol. The van der Waals surface area contributed by atoms with Crippen molar-refractivity contribution in [2.75, 3.05) is 0 Å². The summed E-state index contributed by atoms with van der Waals surface area (Å²) in [6.07, 6.45) is 0.476. The number of nitrogens with zero attached hydrogens (tertiary/aromatic N) is 1. The number of Topliss-reactive ketones (excluding diaryl/α,β-unsaturated/α-hetero) is 1. The van der Waals surface area contributed by atoms with Crippen LogP contribution in [0.1, 0.15) is 16.7 Å². The molecule has 0 aliphatic heterocycles. The number of benzene rings is 2. The van der Waals surface area contributed by atoms with E-state index in [2.05, 4.69) is 0 Å². The number of hydrogen-bond donors (Lipinski definition) is 0. The molecule has 0 amide bonds. The van der Waals surface area contributed by atoms with Crippen LogP contribution in [-0.4, -0.2) is 10.7 Å². The summed E-state index contributed by atoms with van der Waals surface area (Å²) in [6.45, 7) is 1.97. The molecule has 0 spiro atoms. The zero-order valence-electron chi connectivity index (χ0n) is 11.5. The van der Waals surface area contributed by atoms with Crippen LogP contribution in [0.2, 0.25) is 5.02 Å². The normalized spacial score (nSPS) is 10.4. The Morgan fingerprint density at radius 3 is 2.43 bits per heavy atom. The highest BCUT2D eigenvalue weighted by Crippen LogP contribution is 2.25.